The van der Waals surface area contributed by atoms with Crippen LogP contribution in [0.5, 0.6) is 0 Å². The first-order valence-electron chi connectivity index (χ1n) is 14.7. The van der Waals surface area contributed by atoms with Gasteiger partial charge in [0.1, 0.15) is 6.04 Å². The van der Waals surface area contributed by atoms with Crippen molar-refractivity contribution >= 4 is 39.6 Å². The van der Waals surface area contributed by atoms with Crippen molar-refractivity contribution in [1.29, 1.82) is 0 Å². The van der Waals surface area contributed by atoms with Crippen LogP contribution in [0.3, 0.4) is 0 Å². The Morgan fingerprint density at radius 3 is 1.91 bits per heavy atom. The van der Waals surface area contributed by atoms with E-state index in [1.165, 1.54) is 0 Å². The molecule has 9 heteroatoms. The Morgan fingerprint density at radius 2 is 1.37 bits per heavy atom. The highest BCUT2D eigenvalue weighted by molar-refractivity contribution is 9.10. The van der Waals surface area contributed by atoms with Crippen molar-refractivity contribution < 1.29 is 24.3 Å². The van der Waals surface area contributed by atoms with Crippen LogP contribution in [0.4, 0.5) is 0 Å². The van der Waals surface area contributed by atoms with Gasteiger partial charge in [-0.25, -0.2) is 0 Å². The van der Waals surface area contributed by atoms with Gasteiger partial charge in [-0.15, -0.1) is 0 Å². The van der Waals surface area contributed by atoms with Crippen LogP contribution in [0.25, 0.3) is 0 Å². The number of carboxylic acids is 1. The van der Waals surface area contributed by atoms with Crippen molar-refractivity contribution in [1.82, 2.24) is 10.2 Å². The van der Waals surface area contributed by atoms with Gasteiger partial charge in [-0.05, 0) is 48.1 Å². The summed E-state index contributed by atoms with van der Waals surface area (Å²) in [5.41, 5.74) is 8.27. The fourth-order valence-corrected chi connectivity index (χ4v) is 6.14. The molecular weight excluding hydrogens is 610 g/mol. The van der Waals surface area contributed by atoms with Crippen molar-refractivity contribution in [2.45, 2.75) is 50.5 Å². The number of carboxylic acid groups (broad SMARTS) is 1. The van der Waals surface area contributed by atoms with Gasteiger partial charge in [0.25, 0.3) is 0 Å². The highest BCUT2D eigenvalue weighted by atomic mass is 79.9. The standard InChI is InChI=1S/C34H38BrN3O5/c35-26-17-15-25(16-18-26)31(37-32(40)28-13-7-8-14-29(28)34(42)43)33(41)38(22-20-30(36)39)21-19-27(23-9-3-1-4-10-23)24-11-5-2-6-12-24/h1-6,9-12,15-18,27-29,31H,7-8,13-14,19-22H2,(H2,36,39)(H,37,40)(H,42,43)/t28-,29-,31-/m0/s1. The molecule has 1 aliphatic carbocycles. The first-order chi connectivity index (χ1) is 20.7. The molecule has 0 saturated heterocycles. The quantitative estimate of drug-likeness (QED) is 0.228. The Kier molecular flexibility index (Phi) is 11.5. The van der Waals surface area contributed by atoms with Gasteiger partial charge >= 0.3 is 5.97 Å². The second kappa shape index (κ2) is 15.5. The first kappa shape index (κ1) is 31.9. The number of amides is 3. The smallest absolute Gasteiger partial charge is 0.307 e. The van der Waals surface area contributed by atoms with E-state index < -0.39 is 35.7 Å². The second-order valence-electron chi connectivity index (χ2n) is 11.0. The van der Waals surface area contributed by atoms with E-state index in [1.807, 2.05) is 36.4 Å². The number of primary amides is 1. The fourth-order valence-electron chi connectivity index (χ4n) is 5.87. The number of hydrogen-bond acceptors (Lipinski definition) is 4. The maximum Gasteiger partial charge on any atom is 0.307 e. The first-order valence-corrected chi connectivity index (χ1v) is 15.5. The molecule has 0 aliphatic heterocycles. The maximum absolute atomic E-state index is 14.3. The number of aliphatic carboxylic acids is 1. The molecule has 4 rings (SSSR count). The summed E-state index contributed by atoms with van der Waals surface area (Å²) >= 11 is 3.42. The van der Waals surface area contributed by atoms with Crippen LogP contribution < -0.4 is 11.1 Å². The molecule has 3 aromatic carbocycles. The van der Waals surface area contributed by atoms with E-state index in [1.54, 1.807) is 29.2 Å². The molecule has 1 fully saturated rings. The molecule has 1 aliphatic rings. The Morgan fingerprint density at radius 1 is 0.814 bits per heavy atom. The zero-order valence-corrected chi connectivity index (χ0v) is 25.6. The minimum Gasteiger partial charge on any atom is -0.481 e. The average Bonchev–Trinajstić information content (AvgIpc) is 3.02. The molecule has 3 aromatic rings. The van der Waals surface area contributed by atoms with Crippen molar-refractivity contribution in [3.63, 3.8) is 0 Å². The van der Waals surface area contributed by atoms with Crippen LogP contribution >= 0.6 is 15.9 Å². The van der Waals surface area contributed by atoms with Gasteiger partial charge < -0.3 is 21.1 Å². The topological polar surface area (TPSA) is 130 Å². The van der Waals surface area contributed by atoms with Gasteiger partial charge in [0, 0.05) is 29.9 Å². The second-order valence-corrected chi connectivity index (χ2v) is 11.9. The molecule has 0 radical (unpaired) electrons. The molecule has 1 saturated carbocycles. The van der Waals surface area contributed by atoms with Crippen LogP contribution in [0, 0.1) is 11.8 Å². The Labute approximate surface area is 260 Å². The van der Waals surface area contributed by atoms with Crippen LogP contribution in [0.15, 0.2) is 89.4 Å². The monoisotopic (exact) mass is 647 g/mol. The van der Waals surface area contributed by atoms with E-state index in [9.17, 15) is 24.3 Å². The maximum atomic E-state index is 14.3. The van der Waals surface area contributed by atoms with E-state index in [-0.39, 0.29) is 24.8 Å². The number of benzene rings is 3. The lowest BCUT2D eigenvalue weighted by Gasteiger charge is -2.32. The zero-order chi connectivity index (χ0) is 30.8. The summed E-state index contributed by atoms with van der Waals surface area (Å²) in [5, 5.41) is 12.7. The third kappa shape index (κ3) is 8.76. The Hall–Kier alpha value is -3.98. The van der Waals surface area contributed by atoms with E-state index in [0.29, 0.717) is 31.4 Å². The summed E-state index contributed by atoms with van der Waals surface area (Å²) in [5.74, 6) is -3.88. The van der Waals surface area contributed by atoms with E-state index >= 15 is 0 Å². The van der Waals surface area contributed by atoms with Gasteiger partial charge in [0.15, 0.2) is 0 Å². The number of nitrogens with one attached hydrogen (secondary N) is 1. The summed E-state index contributed by atoms with van der Waals surface area (Å²) in [6.45, 7) is 0.402. The number of hydrogen-bond donors (Lipinski definition) is 3. The highest BCUT2D eigenvalue weighted by Crippen LogP contribution is 2.32. The van der Waals surface area contributed by atoms with Crippen LogP contribution in [-0.2, 0) is 19.2 Å². The average molecular weight is 649 g/mol. The Balaban J connectivity index is 1.63. The number of nitrogens with zero attached hydrogens (tertiary/aromatic N) is 1. The molecule has 3 atom stereocenters. The lowest BCUT2D eigenvalue weighted by atomic mass is 9.78. The van der Waals surface area contributed by atoms with Crippen molar-refractivity contribution in [2.24, 2.45) is 17.6 Å². The molecule has 8 nitrogen and oxygen atoms in total. The molecule has 0 unspecified atom stereocenters. The minimum absolute atomic E-state index is 0.00874. The summed E-state index contributed by atoms with van der Waals surface area (Å²) in [4.78, 5) is 53.2. The predicted octanol–water partition coefficient (Wildman–Crippen LogP) is 5.42. The number of nitrogens with two attached hydrogens (primary N) is 1. The molecule has 0 heterocycles. The molecule has 43 heavy (non-hydrogen) atoms. The SMILES string of the molecule is NC(=O)CCN(CCC(c1ccccc1)c1ccccc1)C(=O)[C@@H](NC(=O)[C@H]1CCCC[C@@H]1C(=O)O)c1ccc(Br)cc1. The van der Waals surface area contributed by atoms with Crippen LogP contribution in [0.1, 0.15) is 67.2 Å². The molecule has 226 valence electrons. The van der Waals surface area contributed by atoms with Crippen LogP contribution in [-0.4, -0.2) is 46.8 Å². The Bertz CT molecular complexity index is 1340. The van der Waals surface area contributed by atoms with Crippen molar-refractivity contribution in [3.8, 4) is 0 Å². The van der Waals surface area contributed by atoms with Gasteiger partial charge in [-0.2, -0.15) is 0 Å². The van der Waals surface area contributed by atoms with Crippen molar-refractivity contribution in [3.05, 3.63) is 106 Å². The number of halogens is 1. The predicted molar refractivity (Wildman–Crippen MR) is 168 cm³/mol. The van der Waals surface area contributed by atoms with Crippen LogP contribution in [0.2, 0.25) is 0 Å². The molecule has 4 N–H and O–H groups in total. The number of carbonyl (C=O) groups excluding carboxylic acids is 3. The summed E-state index contributed by atoms with van der Waals surface area (Å²) in [6, 6.07) is 26.1. The molecule has 0 bridgehead atoms. The third-order valence-corrected chi connectivity index (χ3v) is 8.72. The molecule has 0 aromatic heterocycles. The minimum atomic E-state index is -1.06. The lowest BCUT2D eigenvalue weighted by molar-refractivity contribution is -0.149. The van der Waals surface area contributed by atoms with Gasteiger partial charge in [0.05, 0.1) is 11.8 Å². The van der Waals surface area contributed by atoms with E-state index in [2.05, 4.69) is 45.5 Å². The lowest BCUT2D eigenvalue weighted by Crippen LogP contribution is -2.47. The molecule has 0 spiro atoms. The largest absolute Gasteiger partial charge is 0.481 e. The summed E-state index contributed by atoms with van der Waals surface area (Å²) in [6.07, 6.45) is 2.92. The van der Waals surface area contributed by atoms with Gasteiger partial charge in [-0.1, -0.05) is 102 Å². The third-order valence-electron chi connectivity index (χ3n) is 8.19. The highest BCUT2D eigenvalue weighted by Gasteiger charge is 2.38. The normalized spacial score (nSPS) is 17.2. The molecular formula is C34H38BrN3O5. The summed E-state index contributed by atoms with van der Waals surface area (Å²) < 4.78 is 0.811. The molecule has 3 amide bonds. The summed E-state index contributed by atoms with van der Waals surface area (Å²) in [7, 11) is 0. The van der Waals surface area contributed by atoms with Gasteiger partial charge in [0.2, 0.25) is 17.7 Å². The van der Waals surface area contributed by atoms with E-state index in [0.717, 1.165) is 28.4 Å². The van der Waals surface area contributed by atoms with E-state index in [4.69, 9.17) is 5.73 Å². The fraction of sp³-hybridized carbons (Fsp3) is 0.353. The van der Waals surface area contributed by atoms with Crippen molar-refractivity contribution in [2.75, 3.05) is 13.1 Å². The number of carbonyl (C=O) groups is 4. The van der Waals surface area contributed by atoms with Gasteiger partial charge in [-0.3, -0.25) is 19.2 Å². The number of rotatable bonds is 13. The zero-order valence-electron chi connectivity index (χ0n) is 24.0.